The molecule has 12 aliphatic rings. The van der Waals surface area contributed by atoms with Gasteiger partial charge in [-0.05, 0) is 0 Å². The monoisotopic (exact) mass is 1090 g/mol. The number of rotatable bonds is 20. The van der Waals surface area contributed by atoms with Crippen LogP contribution in [0.1, 0.15) is 308 Å². The molecular weight excluding hydrogens is 988 g/mol. The topological polar surface area (TPSA) is 36.9 Å². The first-order valence-corrected chi connectivity index (χ1v) is 45.5. The third kappa shape index (κ3) is 9.64. The Balaban J connectivity index is 1.16. The van der Waals surface area contributed by atoms with Crippen LogP contribution in [0.4, 0.5) is 0 Å². The van der Waals surface area contributed by atoms with Gasteiger partial charge in [0.05, 0.1) is 0 Å². The molecule has 12 aliphatic carbocycles. The molecule has 0 unspecified atom stereocenters. The van der Waals surface area contributed by atoms with Gasteiger partial charge in [0.15, 0.2) is 0 Å². The molecular formula is C60H108O4Si4Zr. The standard InChI is InChI=1S/4C15H27OSi.Zr/c4*16-17(13-7-1-2-8-13,14-9-3-4-10-14)15-11-5-6-12-15;/h4*13-15H,1-12H2;/q4*-1;+4. The van der Waals surface area contributed by atoms with Crippen molar-refractivity contribution in [2.24, 2.45) is 0 Å². The molecule has 0 aromatic heterocycles. The van der Waals surface area contributed by atoms with Crippen molar-refractivity contribution >= 4 is 33.3 Å². The predicted molar refractivity (Wildman–Crippen MR) is 294 cm³/mol. The van der Waals surface area contributed by atoms with Crippen molar-refractivity contribution in [1.29, 1.82) is 0 Å². The van der Waals surface area contributed by atoms with Crippen LogP contribution in [0.15, 0.2) is 0 Å². The average Bonchev–Trinajstić information content (AvgIpc) is 4.22. The molecule has 0 heterocycles. The van der Waals surface area contributed by atoms with Gasteiger partial charge in [-0.15, -0.1) is 0 Å². The molecule has 69 heavy (non-hydrogen) atoms. The molecule has 0 aromatic carbocycles. The van der Waals surface area contributed by atoms with Gasteiger partial charge in [-0.3, -0.25) is 0 Å². The molecule has 0 N–H and O–H groups in total. The van der Waals surface area contributed by atoms with Crippen LogP contribution in [-0.2, 0) is 32.0 Å². The zero-order valence-electron chi connectivity index (χ0n) is 45.0. The molecule has 12 saturated carbocycles. The molecule has 12 rings (SSSR count). The SMILES string of the molecule is C1CCC([Si]([O][Zr]([O][Si](C2CCCC2)(C2CCCC2)C2CCCC2)([O][Si](C2CCCC2)(C2CCCC2)C2CCCC2)[O][Si](C2CCCC2)(C2CCCC2)C2CCCC2)(C2CCCC2)C2CCCC2)C1. The molecule has 0 aromatic rings. The number of hydrogen-bond donors (Lipinski definition) is 0. The van der Waals surface area contributed by atoms with E-state index in [-0.39, 0.29) is 0 Å². The van der Waals surface area contributed by atoms with E-state index in [9.17, 15) is 10.0 Å². The van der Waals surface area contributed by atoms with Gasteiger partial charge < -0.3 is 0 Å². The summed E-state index contributed by atoms with van der Waals surface area (Å²) in [6, 6.07) is 0. The molecule has 0 bridgehead atoms. The van der Waals surface area contributed by atoms with Crippen LogP contribution in [0.25, 0.3) is 0 Å². The van der Waals surface area contributed by atoms with Crippen molar-refractivity contribution in [2.75, 3.05) is 0 Å². The molecule has 392 valence electrons. The normalized spacial score (nSPS) is 30.3. The molecule has 9 heteroatoms. The fourth-order valence-electron chi connectivity index (χ4n) is 22.5. The molecule has 0 radical (unpaired) electrons. The van der Waals surface area contributed by atoms with Gasteiger partial charge in [-0.1, -0.05) is 0 Å². The maximum absolute atomic E-state index is 9.97. The molecule has 0 spiro atoms. The van der Waals surface area contributed by atoms with Gasteiger partial charge in [0, 0.05) is 0 Å². The first-order chi connectivity index (χ1) is 34.1. The molecule has 0 aliphatic heterocycles. The quantitative estimate of drug-likeness (QED) is 0.114. The summed E-state index contributed by atoms with van der Waals surface area (Å²) in [6.07, 6.45) is 70.6. The average molecular weight is 1100 g/mol. The minimum atomic E-state index is -5.27. The summed E-state index contributed by atoms with van der Waals surface area (Å²) >= 11 is -5.27. The van der Waals surface area contributed by atoms with E-state index in [0.717, 1.165) is 66.5 Å². The fourth-order valence-corrected chi connectivity index (χ4v) is 84.0. The maximum atomic E-state index is 9.97. The van der Waals surface area contributed by atoms with Gasteiger partial charge in [0.2, 0.25) is 0 Å². The molecule has 0 atom stereocenters. The second-order valence-electron chi connectivity index (χ2n) is 28.1. The Morgan fingerprint density at radius 3 is 0.333 bits per heavy atom. The Morgan fingerprint density at radius 2 is 0.246 bits per heavy atom. The van der Waals surface area contributed by atoms with E-state index in [4.69, 9.17) is 0 Å². The first kappa shape index (κ1) is 51.4. The van der Waals surface area contributed by atoms with Crippen LogP contribution in [0.2, 0.25) is 66.5 Å². The molecule has 12 fully saturated rings. The van der Waals surface area contributed by atoms with Crippen molar-refractivity contribution in [2.45, 2.75) is 375 Å². The Bertz CT molecular complexity index is 1190. The van der Waals surface area contributed by atoms with Crippen molar-refractivity contribution in [3.8, 4) is 0 Å². The minimum absolute atomic E-state index is 0.831. The van der Waals surface area contributed by atoms with E-state index in [1.165, 1.54) is 308 Å². The summed E-state index contributed by atoms with van der Waals surface area (Å²) in [5.41, 5.74) is 9.97. The second-order valence-corrected chi connectivity index (χ2v) is 54.0. The van der Waals surface area contributed by atoms with Crippen LogP contribution >= 0.6 is 0 Å². The zero-order valence-corrected chi connectivity index (χ0v) is 51.5. The summed E-state index contributed by atoms with van der Waals surface area (Å²) in [7, 11) is -10.0. The van der Waals surface area contributed by atoms with Crippen LogP contribution in [0.5, 0.6) is 0 Å². The van der Waals surface area contributed by atoms with E-state index in [0.29, 0.717) is 0 Å². The first-order valence-electron chi connectivity index (χ1n) is 32.9. The Kier molecular flexibility index (Phi) is 17.0. The van der Waals surface area contributed by atoms with E-state index >= 15 is 0 Å². The number of hydrogen-bond acceptors (Lipinski definition) is 4. The van der Waals surface area contributed by atoms with Crippen LogP contribution in [-0.4, -0.2) is 33.3 Å². The summed E-state index contributed by atoms with van der Waals surface area (Å²) in [5, 5.41) is 0. The van der Waals surface area contributed by atoms with Gasteiger partial charge in [-0.25, -0.2) is 0 Å². The van der Waals surface area contributed by atoms with Gasteiger partial charge >= 0.3 is 440 Å². The Labute approximate surface area is 436 Å². The van der Waals surface area contributed by atoms with E-state index in [1.807, 2.05) is 0 Å². The van der Waals surface area contributed by atoms with Gasteiger partial charge in [0.25, 0.3) is 0 Å². The van der Waals surface area contributed by atoms with Crippen molar-refractivity contribution < 1.29 is 32.0 Å². The van der Waals surface area contributed by atoms with Crippen LogP contribution in [0, 0.1) is 0 Å². The third-order valence-electron chi connectivity index (χ3n) is 25.1. The van der Waals surface area contributed by atoms with Crippen molar-refractivity contribution in [3.63, 3.8) is 0 Å². The summed E-state index contributed by atoms with van der Waals surface area (Å²) < 4.78 is 39.9. The summed E-state index contributed by atoms with van der Waals surface area (Å²) in [6.45, 7) is 0. The van der Waals surface area contributed by atoms with E-state index < -0.39 is 55.3 Å². The Morgan fingerprint density at radius 1 is 0.159 bits per heavy atom. The second kappa shape index (κ2) is 22.9. The third-order valence-corrected chi connectivity index (χ3v) is 67.6. The predicted octanol–water partition coefficient (Wildman–Crippen LogP) is 21.0. The van der Waals surface area contributed by atoms with Crippen molar-refractivity contribution in [1.82, 2.24) is 0 Å². The van der Waals surface area contributed by atoms with Crippen molar-refractivity contribution in [3.05, 3.63) is 0 Å². The molecule has 4 nitrogen and oxygen atoms in total. The van der Waals surface area contributed by atoms with Gasteiger partial charge in [-0.2, -0.15) is 0 Å². The zero-order chi connectivity index (χ0) is 46.2. The summed E-state index contributed by atoms with van der Waals surface area (Å²) in [4.78, 5) is 0. The van der Waals surface area contributed by atoms with Gasteiger partial charge in [0.1, 0.15) is 0 Å². The fraction of sp³-hybridized carbons (Fsp3) is 1.00. The van der Waals surface area contributed by atoms with E-state index in [2.05, 4.69) is 0 Å². The summed E-state index contributed by atoms with van der Waals surface area (Å²) in [5.74, 6) is 0. The molecule has 0 amide bonds. The van der Waals surface area contributed by atoms with Crippen LogP contribution < -0.4 is 0 Å². The van der Waals surface area contributed by atoms with Crippen LogP contribution in [0.3, 0.4) is 0 Å². The Hall–Kier alpha value is 1.59. The molecule has 0 saturated heterocycles. The van der Waals surface area contributed by atoms with E-state index in [1.54, 1.807) is 0 Å².